The zero-order chi connectivity index (χ0) is 45.7. The van der Waals surface area contributed by atoms with E-state index < -0.39 is 0 Å². The van der Waals surface area contributed by atoms with Gasteiger partial charge in [-0.15, -0.1) is 0 Å². The molecule has 0 N–H and O–H groups in total. The van der Waals surface area contributed by atoms with Crippen molar-refractivity contribution in [3.05, 3.63) is 187 Å². The Labute approximate surface area is 388 Å². The summed E-state index contributed by atoms with van der Waals surface area (Å²) in [5, 5.41) is 4.72. The van der Waals surface area contributed by atoms with Crippen LogP contribution in [0, 0.1) is 0 Å². The van der Waals surface area contributed by atoms with Crippen molar-refractivity contribution in [3.63, 3.8) is 0 Å². The number of benzene rings is 7. The molecule has 0 fully saturated rings. The third-order valence-corrected chi connectivity index (χ3v) is 13.5. The summed E-state index contributed by atoms with van der Waals surface area (Å²) in [6.07, 6.45) is 1.94. The standard InChI is InChI=1S/C60H57N5O/c1-58(2,3)39-29-30-61-56(34-39)65-51-26-15-12-23-48(51)57-54(64-49-24-13-10-21-46(49)47-22-11-14-25-50(47)64)36-45(37-55(57)65)66-44-20-18-19-42(35-44)62-38-63(53-28-17-16-27-52(53)62)43-32-40(59(4,5)6)31-41(33-43)60(7,8)9/h10-37H,38H2,1-9H3. The fraction of sp³-hybridized carbons (Fsp3) is 0.217. The number of nitrogens with zero attached hydrogens (tertiary/aromatic N) is 5. The van der Waals surface area contributed by atoms with Crippen molar-refractivity contribution < 1.29 is 4.74 Å². The number of hydrogen-bond donors (Lipinski definition) is 0. The first-order valence-corrected chi connectivity index (χ1v) is 23.2. The summed E-state index contributed by atoms with van der Waals surface area (Å²) in [6.45, 7) is 21.3. The number of ether oxygens (including phenoxy) is 1. The minimum Gasteiger partial charge on any atom is -0.457 e. The lowest BCUT2D eigenvalue weighted by Crippen LogP contribution is -2.25. The van der Waals surface area contributed by atoms with Gasteiger partial charge in [0, 0.05) is 57.3 Å². The van der Waals surface area contributed by atoms with Crippen molar-refractivity contribution in [1.82, 2.24) is 14.1 Å². The van der Waals surface area contributed by atoms with Crippen LogP contribution >= 0.6 is 0 Å². The van der Waals surface area contributed by atoms with Gasteiger partial charge < -0.3 is 19.1 Å². The monoisotopic (exact) mass is 863 g/mol. The lowest BCUT2D eigenvalue weighted by atomic mass is 9.80. The van der Waals surface area contributed by atoms with E-state index in [0.717, 1.165) is 67.2 Å². The average molecular weight is 864 g/mol. The highest BCUT2D eigenvalue weighted by molar-refractivity contribution is 6.16. The van der Waals surface area contributed by atoms with E-state index in [1.165, 1.54) is 38.8 Å². The van der Waals surface area contributed by atoms with E-state index in [1.807, 2.05) is 6.20 Å². The molecule has 0 amide bonds. The average Bonchev–Trinajstić information content (AvgIpc) is 3.96. The van der Waals surface area contributed by atoms with Gasteiger partial charge in [-0.2, -0.15) is 0 Å². The van der Waals surface area contributed by atoms with E-state index in [2.05, 4.69) is 245 Å². The highest BCUT2D eigenvalue weighted by Gasteiger charge is 2.31. The smallest absolute Gasteiger partial charge is 0.137 e. The first-order valence-electron chi connectivity index (χ1n) is 23.2. The Hall–Kier alpha value is -7.31. The van der Waals surface area contributed by atoms with Crippen LogP contribution < -0.4 is 14.5 Å². The molecule has 1 aliphatic rings. The first-order chi connectivity index (χ1) is 31.6. The van der Waals surface area contributed by atoms with Gasteiger partial charge in [-0.1, -0.05) is 141 Å². The van der Waals surface area contributed by atoms with Crippen molar-refractivity contribution in [3.8, 4) is 23.0 Å². The molecule has 1 aliphatic heterocycles. The van der Waals surface area contributed by atoms with Crippen molar-refractivity contribution in [2.75, 3.05) is 16.5 Å². The van der Waals surface area contributed by atoms with E-state index in [-0.39, 0.29) is 16.2 Å². The molecule has 0 radical (unpaired) electrons. The number of para-hydroxylation sites is 5. The van der Waals surface area contributed by atoms with Gasteiger partial charge in [0.2, 0.25) is 0 Å². The van der Waals surface area contributed by atoms with Gasteiger partial charge in [-0.05, 0) is 99.7 Å². The molecular formula is C60H57N5O. The quantitative estimate of drug-likeness (QED) is 0.167. The lowest BCUT2D eigenvalue weighted by molar-refractivity contribution is 0.483. The Morgan fingerprint density at radius 3 is 1.56 bits per heavy atom. The fourth-order valence-corrected chi connectivity index (χ4v) is 9.86. The van der Waals surface area contributed by atoms with Gasteiger partial charge in [0.05, 0.1) is 39.1 Å². The molecule has 0 spiro atoms. The molecule has 0 unspecified atom stereocenters. The second-order valence-corrected chi connectivity index (χ2v) is 21.1. The molecular weight excluding hydrogens is 807 g/mol. The summed E-state index contributed by atoms with van der Waals surface area (Å²) < 4.78 is 11.9. The summed E-state index contributed by atoms with van der Waals surface area (Å²) in [7, 11) is 0. The largest absolute Gasteiger partial charge is 0.457 e. The van der Waals surface area contributed by atoms with Crippen LogP contribution in [0.2, 0.25) is 0 Å². The van der Waals surface area contributed by atoms with E-state index in [1.54, 1.807) is 0 Å². The van der Waals surface area contributed by atoms with Gasteiger partial charge in [-0.3, -0.25) is 4.57 Å². The second kappa shape index (κ2) is 15.1. The molecule has 0 saturated carbocycles. The van der Waals surface area contributed by atoms with Gasteiger partial charge >= 0.3 is 0 Å². The molecule has 4 heterocycles. The molecule has 6 heteroatoms. The first kappa shape index (κ1) is 41.4. The maximum atomic E-state index is 7.13. The Morgan fingerprint density at radius 1 is 0.409 bits per heavy atom. The highest BCUT2D eigenvalue weighted by atomic mass is 16.5. The van der Waals surface area contributed by atoms with Crippen LogP contribution in [0.5, 0.6) is 11.5 Å². The normalized spacial score (nSPS) is 13.4. The number of rotatable bonds is 6. The van der Waals surface area contributed by atoms with Crippen LogP contribution in [0.15, 0.2) is 170 Å². The number of aromatic nitrogens is 3. The van der Waals surface area contributed by atoms with Crippen LogP contribution in [-0.4, -0.2) is 20.8 Å². The zero-order valence-electron chi connectivity index (χ0n) is 39.5. The van der Waals surface area contributed by atoms with Crippen molar-refractivity contribution in [2.24, 2.45) is 0 Å². The van der Waals surface area contributed by atoms with Crippen LogP contribution in [0.3, 0.4) is 0 Å². The lowest BCUT2D eigenvalue weighted by Gasteiger charge is -2.29. The summed E-state index contributed by atoms with van der Waals surface area (Å²) in [5.74, 6) is 2.38. The molecule has 328 valence electrons. The van der Waals surface area contributed by atoms with Crippen LogP contribution in [0.25, 0.3) is 55.1 Å². The third kappa shape index (κ3) is 6.98. The predicted octanol–water partition coefficient (Wildman–Crippen LogP) is 16.2. The fourth-order valence-electron chi connectivity index (χ4n) is 9.86. The van der Waals surface area contributed by atoms with E-state index in [0.29, 0.717) is 6.67 Å². The van der Waals surface area contributed by atoms with Crippen molar-refractivity contribution in [1.29, 1.82) is 0 Å². The van der Waals surface area contributed by atoms with Crippen molar-refractivity contribution in [2.45, 2.75) is 78.6 Å². The Balaban J connectivity index is 1.07. The van der Waals surface area contributed by atoms with Gasteiger partial charge in [0.1, 0.15) is 24.0 Å². The summed E-state index contributed by atoms with van der Waals surface area (Å²) >= 11 is 0. The van der Waals surface area contributed by atoms with Crippen LogP contribution in [0.4, 0.5) is 22.7 Å². The van der Waals surface area contributed by atoms with Gasteiger partial charge in [-0.25, -0.2) is 4.98 Å². The van der Waals surface area contributed by atoms with Crippen LogP contribution in [0.1, 0.15) is 79.0 Å². The maximum Gasteiger partial charge on any atom is 0.137 e. The molecule has 3 aromatic heterocycles. The Bertz CT molecular complexity index is 3430. The minimum absolute atomic E-state index is 0.00632. The SMILES string of the molecule is CC(C)(C)c1cc(N2CN(c3cccc(Oc4cc(-n5c6ccccc6c6ccccc65)c5c6ccccc6n(-c6cc(C(C)(C)C)ccn6)c5c4)c3)c3ccccc32)cc(C(C)(C)C)c1. The van der Waals surface area contributed by atoms with E-state index >= 15 is 0 Å². The van der Waals surface area contributed by atoms with Gasteiger partial charge in [0.15, 0.2) is 0 Å². The molecule has 0 saturated heterocycles. The molecule has 66 heavy (non-hydrogen) atoms. The number of pyridine rings is 1. The van der Waals surface area contributed by atoms with Crippen molar-refractivity contribution >= 4 is 66.4 Å². The number of hydrogen-bond acceptors (Lipinski definition) is 4. The van der Waals surface area contributed by atoms with Gasteiger partial charge in [0.25, 0.3) is 0 Å². The van der Waals surface area contributed by atoms with E-state index in [4.69, 9.17) is 9.72 Å². The minimum atomic E-state index is -0.0530. The summed E-state index contributed by atoms with van der Waals surface area (Å²) in [6, 6.07) is 59.4. The summed E-state index contributed by atoms with van der Waals surface area (Å²) in [5.41, 5.74) is 13.9. The highest BCUT2D eigenvalue weighted by Crippen LogP contribution is 2.47. The molecule has 6 nitrogen and oxygen atoms in total. The molecule has 0 aliphatic carbocycles. The predicted molar refractivity (Wildman–Crippen MR) is 278 cm³/mol. The summed E-state index contributed by atoms with van der Waals surface area (Å²) in [4.78, 5) is 9.91. The molecule has 0 atom stereocenters. The molecule has 7 aromatic carbocycles. The maximum absolute atomic E-state index is 7.13. The molecule has 11 rings (SSSR count). The Morgan fingerprint density at radius 2 is 0.955 bits per heavy atom. The molecule has 10 aromatic rings. The van der Waals surface area contributed by atoms with Crippen LogP contribution in [-0.2, 0) is 16.2 Å². The number of anilines is 4. The zero-order valence-corrected chi connectivity index (χ0v) is 39.5. The molecule has 0 bridgehead atoms. The number of fused-ring (bicyclic) bond motifs is 7. The second-order valence-electron chi connectivity index (χ2n) is 21.1. The van der Waals surface area contributed by atoms with E-state index in [9.17, 15) is 0 Å². The topological polar surface area (TPSA) is 38.5 Å². The Kier molecular flexibility index (Phi) is 9.49. The third-order valence-electron chi connectivity index (χ3n) is 13.5.